The number of hydrogen-bond donors (Lipinski definition) is 2. The van der Waals surface area contributed by atoms with E-state index in [0.29, 0.717) is 19.3 Å². The summed E-state index contributed by atoms with van der Waals surface area (Å²) < 4.78 is 1.26. The van der Waals surface area contributed by atoms with Crippen LogP contribution >= 0.6 is 11.3 Å². The van der Waals surface area contributed by atoms with Crippen molar-refractivity contribution in [3.63, 3.8) is 0 Å². The fourth-order valence-electron chi connectivity index (χ4n) is 2.51. The van der Waals surface area contributed by atoms with Crippen LogP contribution in [-0.4, -0.2) is 22.5 Å². The maximum atomic E-state index is 11.8. The van der Waals surface area contributed by atoms with E-state index in [-0.39, 0.29) is 5.91 Å². The molecule has 0 aliphatic heterocycles. The Morgan fingerprint density at radius 3 is 2.76 bits per heavy atom. The molecule has 0 radical (unpaired) electrons. The van der Waals surface area contributed by atoms with Crippen molar-refractivity contribution in [1.29, 1.82) is 0 Å². The lowest BCUT2D eigenvalue weighted by atomic mass is 10.1. The normalized spacial score (nSPS) is 15.8. The maximum Gasteiger partial charge on any atom is 0.329 e. The van der Waals surface area contributed by atoms with Gasteiger partial charge in [-0.25, -0.2) is 4.79 Å². The molecule has 1 amide bonds. The molecule has 110 valence electrons. The number of carboxylic acid groups (broad SMARTS) is 1. The number of rotatable bonds is 6. The monoisotopic (exact) mass is 303 g/mol. The first-order valence-corrected chi connectivity index (χ1v) is 7.98. The molecule has 21 heavy (non-hydrogen) atoms. The van der Waals surface area contributed by atoms with Crippen LogP contribution in [0.3, 0.4) is 0 Å². The van der Waals surface area contributed by atoms with E-state index in [2.05, 4.69) is 22.8 Å². The highest BCUT2D eigenvalue weighted by Crippen LogP contribution is 2.35. The van der Waals surface area contributed by atoms with Crippen LogP contribution in [0.5, 0.6) is 0 Å². The molecule has 0 atom stereocenters. The van der Waals surface area contributed by atoms with Crippen molar-refractivity contribution in [3.05, 3.63) is 35.2 Å². The van der Waals surface area contributed by atoms with Gasteiger partial charge in [-0.3, -0.25) is 4.79 Å². The van der Waals surface area contributed by atoms with Gasteiger partial charge >= 0.3 is 5.97 Å². The highest BCUT2D eigenvalue weighted by Gasteiger charge is 2.51. The van der Waals surface area contributed by atoms with Gasteiger partial charge in [-0.05, 0) is 48.1 Å². The van der Waals surface area contributed by atoms with E-state index in [4.69, 9.17) is 5.11 Å². The Labute approximate surface area is 126 Å². The van der Waals surface area contributed by atoms with Gasteiger partial charge in [-0.15, -0.1) is 11.3 Å². The molecule has 3 rings (SSSR count). The van der Waals surface area contributed by atoms with Gasteiger partial charge in [0, 0.05) is 11.1 Å². The van der Waals surface area contributed by atoms with Gasteiger partial charge < -0.3 is 10.4 Å². The van der Waals surface area contributed by atoms with Crippen molar-refractivity contribution < 1.29 is 14.7 Å². The molecule has 0 saturated heterocycles. The van der Waals surface area contributed by atoms with E-state index >= 15 is 0 Å². The molecule has 5 heteroatoms. The zero-order chi connectivity index (χ0) is 14.9. The van der Waals surface area contributed by atoms with Gasteiger partial charge in [-0.1, -0.05) is 18.2 Å². The standard InChI is InChI=1S/C16H17NO3S/c18-14(17-16(8-9-16)15(19)20)7-3-4-11-10-21-13-6-2-1-5-12(11)13/h1-2,5-6,10H,3-4,7-9H2,(H,17,18)(H,19,20). The second-order valence-corrected chi connectivity index (χ2v) is 6.46. The summed E-state index contributed by atoms with van der Waals surface area (Å²) in [6, 6.07) is 8.25. The molecule has 2 N–H and O–H groups in total. The summed E-state index contributed by atoms with van der Waals surface area (Å²) in [5.41, 5.74) is 0.300. The fourth-order valence-corrected chi connectivity index (χ4v) is 3.51. The SMILES string of the molecule is O=C(CCCc1csc2ccccc12)NC1(C(=O)O)CC1. The van der Waals surface area contributed by atoms with Crippen LogP contribution in [0.25, 0.3) is 10.1 Å². The lowest BCUT2D eigenvalue weighted by Crippen LogP contribution is -2.42. The molecule has 0 unspecified atom stereocenters. The number of carboxylic acids is 1. The number of amides is 1. The first-order chi connectivity index (χ1) is 10.1. The van der Waals surface area contributed by atoms with E-state index in [1.165, 1.54) is 15.6 Å². The average Bonchev–Trinajstić information content (AvgIpc) is 3.13. The molecular weight excluding hydrogens is 286 g/mol. The number of carbonyl (C=O) groups is 2. The van der Waals surface area contributed by atoms with Gasteiger partial charge in [0.15, 0.2) is 0 Å². The number of aliphatic carboxylic acids is 1. The summed E-state index contributed by atoms with van der Waals surface area (Å²) in [6.07, 6.45) is 3.05. The van der Waals surface area contributed by atoms with Crippen LogP contribution in [0, 0.1) is 0 Å². The van der Waals surface area contributed by atoms with Crippen molar-refractivity contribution in [3.8, 4) is 0 Å². The van der Waals surface area contributed by atoms with E-state index in [1.54, 1.807) is 11.3 Å². The van der Waals surface area contributed by atoms with Crippen molar-refractivity contribution in [2.24, 2.45) is 0 Å². The Bertz CT molecular complexity index is 688. The minimum atomic E-state index is -0.966. The summed E-state index contributed by atoms with van der Waals surface area (Å²) >= 11 is 1.72. The van der Waals surface area contributed by atoms with Gasteiger partial charge in [-0.2, -0.15) is 0 Å². The van der Waals surface area contributed by atoms with Crippen molar-refractivity contribution in [2.45, 2.75) is 37.6 Å². The Kier molecular flexibility index (Phi) is 3.68. The van der Waals surface area contributed by atoms with Crippen LogP contribution in [-0.2, 0) is 16.0 Å². The number of benzene rings is 1. The molecule has 1 aliphatic rings. The number of thiophene rings is 1. The lowest BCUT2D eigenvalue weighted by Gasteiger charge is -2.12. The first-order valence-electron chi connectivity index (χ1n) is 7.10. The highest BCUT2D eigenvalue weighted by molar-refractivity contribution is 7.17. The highest BCUT2D eigenvalue weighted by atomic mass is 32.1. The second-order valence-electron chi connectivity index (χ2n) is 5.55. The smallest absolute Gasteiger partial charge is 0.329 e. The Morgan fingerprint density at radius 2 is 2.05 bits per heavy atom. The summed E-state index contributed by atoms with van der Waals surface area (Å²) in [7, 11) is 0. The van der Waals surface area contributed by atoms with E-state index in [0.717, 1.165) is 12.8 Å². The summed E-state index contributed by atoms with van der Waals surface area (Å²) in [5.74, 6) is -1.07. The topological polar surface area (TPSA) is 66.4 Å². The van der Waals surface area contributed by atoms with Gasteiger partial charge in [0.2, 0.25) is 5.91 Å². The Hall–Kier alpha value is -1.88. The third-order valence-electron chi connectivity index (χ3n) is 3.95. The van der Waals surface area contributed by atoms with Gasteiger partial charge in [0.25, 0.3) is 0 Å². The van der Waals surface area contributed by atoms with Crippen molar-refractivity contribution in [2.75, 3.05) is 0 Å². The quantitative estimate of drug-likeness (QED) is 0.862. The molecule has 4 nitrogen and oxygen atoms in total. The van der Waals surface area contributed by atoms with Gasteiger partial charge in [0.1, 0.15) is 5.54 Å². The third-order valence-corrected chi connectivity index (χ3v) is 4.96. The van der Waals surface area contributed by atoms with Crippen molar-refractivity contribution >= 4 is 33.3 Å². The molecule has 0 bridgehead atoms. The first kappa shape index (κ1) is 14.1. The summed E-state index contributed by atoms with van der Waals surface area (Å²) in [5, 5.41) is 15.1. The van der Waals surface area contributed by atoms with Gasteiger partial charge in [0.05, 0.1) is 0 Å². The molecule has 2 aromatic rings. The maximum absolute atomic E-state index is 11.8. The number of hydrogen-bond acceptors (Lipinski definition) is 3. The van der Waals surface area contributed by atoms with Crippen LogP contribution in [0.15, 0.2) is 29.6 Å². The minimum Gasteiger partial charge on any atom is -0.480 e. The third kappa shape index (κ3) is 2.93. The van der Waals surface area contributed by atoms with E-state index < -0.39 is 11.5 Å². The Morgan fingerprint density at radius 1 is 1.29 bits per heavy atom. The lowest BCUT2D eigenvalue weighted by molar-refractivity contribution is -0.143. The van der Waals surface area contributed by atoms with Crippen LogP contribution in [0.2, 0.25) is 0 Å². The molecule has 1 heterocycles. The molecular formula is C16H17NO3S. The number of nitrogens with one attached hydrogen (secondary N) is 1. The molecule has 0 spiro atoms. The largest absolute Gasteiger partial charge is 0.480 e. The zero-order valence-electron chi connectivity index (χ0n) is 11.6. The average molecular weight is 303 g/mol. The molecule has 1 aromatic heterocycles. The molecule has 1 aromatic carbocycles. The summed E-state index contributed by atoms with van der Waals surface area (Å²) in [4.78, 5) is 22.8. The molecule has 1 fully saturated rings. The predicted octanol–water partition coefficient (Wildman–Crippen LogP) is 2.96. The number of carbonyl (C=O) groups excluding carboxylic acids is 1. The van der Waals surface area contributed by atoms with Crippen molar-refractivity contribution in [1.82, 2.24) is 5.32 Å². The van der Waals surface area contributed by atoms with E-state index in [1.807, 2.05) is 12.1 Å². The number of aryl methyl sites for hydroxylation is 1. The Balaban J connectivity index is 1.52. The van der Waals surface area contributed by atoms with Crippen LogP contribution in [0.1, 0.15) is 31.2 Å². The second kappa shape index (κ2) is 5.48. The molecule has 1 saturated carbocycles. The van der Waals surface area contributed by atoms with E-state index in [9.17, 15) is 9.59 Å². The zero-order valence-corrected chi connectivity index (χ0v) is 12.4. The van der Waals surface area contributed by atoms with Crippen LogP contribution < -0.4 is 5.32 Å². The predicted molar refractivity (Wildman–Crippen MR) is 82.5 cm³/mol. The fraction of sp³-hybridized carbons (Fsp3) is 0.375. The van der Waals surface area contributed by atoms with Crippen LogP contribution in [0.4, 0.5) is 0 Å². The summed E-state index contributed by atoms with van der Waals surface area (Å²) in [6.45, 7) is 0. The number of fused-ring (bicyclic) bond motifs is 1. The molecule has 1 aliphatic carbocycles. The minimum absolute atomic E-state index is 0.158.